The standard InChI is InChI=1S/C18H21N3O4/c1-4-25-18(23)16-14-11-21(9-8-15(14)20(2)19-16)17(22)12-6-5-7-13(10-12)24-3/h5-7,10H,4,8-9,11H2,1-3H3. The summed E-state index contributed by atoms with van der Waals surface area (Å²) in [4.78, 5) is 26.7. The molecule has 0 saturated heterocycles. The number of nitrogens with zero attached hydrogens (tertiary/aromatic N) is 3. The molecular weight excluding hydrogens is 322 g/mol. The minimum Gasteiger partial charge on any atom is -0.497 e. The van der Waals surface area contributed by atoms with Crippen LogP contribution in [-0.2, 0) is 24.8 Å². The number of benzene rings is 1. The molecule has 7 nitrogen and oxygen atoms in total. The lowest BCUT2D eigenvalue weighted by Gasteiger charge is -2.27. The molecule has 0 aliphatic carbocycles. The number of amides is 1. The normalized spacial score (nSPS) is 13.3. The number of aryl methyl sites for hydroxylation is 1. The van der Waals surface area contributed by atoms with E-state index >= 15 is 0 Å². The second-order valence-corrected chi connectivity index (χ2v) is 5.83. The largest absolute Gasteiger partial charge is 0.497 e. The molecule has 0 spiro atoms. The van der Waals surface area contributed by atoms with E-state index in [4.69, 9.17) is 9.47 Å². The highest BCUT2D eigenvalue weighted by molar-refractivity contribution is 5.95. The van der Waals surface area contributed by atoms with Crippen LogP contribution in [0.4, 0.5) is 0 Å². The zero-order valence-electron chi connectivity index (χ0n) is 14.6. The van der Waals surface area contributed by atoms with Gasteiger partial charge < -0.3 is 14.4 Å². The molecule has 0 saturated carbocycles. The van der Waals surface area contributed by atoms with Crippen molar-refractivity contribution >= 4 is 11.9 Å². The molecular formula is C18H21N3O4. The number of ether oxygens (including phenoxy) is 2. The summed E-state index contributed by atoms with van der Waals surface area (Å²) < 4.78 is 12.0. The number of methoxy groups -OCH3 is 1. The second-order valence-electron chi connectivity index (χ2n) is 5.83. The molecule has 7 heteroatoms. The molecule has 0 bridgehead atoms. The van der Waals surface area contributed by atoms with Crippen molar-refractivity contribution in [3.05, 3.63) is 46.8 Å². The minimum absolute atomic E-state index is 0.0942. The number of hydrogen-bond donors (Lipinski definition) is 0. The fourth-order valence-electron chi connectivity index (χ4n) is 3.07. The van der Waals surface area contributed by atoms with Gasteiger partial charge in [-0.2, -0.15) is 5.10 Å². The third-order valence-electron chi connectivity index (χ3n) is 4.32. The van der Waals surface area contributed by atoms with E-state index in [9.17, 15) is 9.59 Å². The van der Waals surface area contributed by atoms with Crippen LogP contribution in [0.2, 0.25) is 0 Å². The van der Waals surface area contributed by atoms with Gasteiger partial charge in [-0.3, -0.25) is 9.48 Å². The van der Waals surface area contributed by atoms with E-state index in [-0.39, 0.29) is 12.5 Å². The number of hydrogen-bond acceptors (Lipinski definition) is 5. The fraction of sp³-hybridized carbons (Fsp3) is 0.389. The molecule has 1 aromatic carbocycles. The van der Waals surface area contributed by atoms with Crippen LogP contribution in [0.5, 0.6) is 5.75 Å². The van der Waals surface area contributed by atoms with E-state index in [0.717, 1.165) is 11.3 Å². The van der Waals surface area contributed by atoms with Crippen LogP contribution in [0, 0.1) is 0 Å². The van der Waals surface area contributed by atoms with Gasteiger partial charge in [-0.15, -0.1) is 0 Å². The SMILES string of the molecule is CCOC(=O)c1nn(C)c2c1CN(C(=O)c1cccc(OC)c1)CC2. The Hall–Kier alpha value is -2.83. The first-order valence-corrected chi connectivity index (χ1v) is 8.20. The number of rotatable bonds is 4. The van der Waals surface area contributed by atoms with E-state index in [1.165, 1.54) is 0 Å². The van der Waals surface area contributed by atoms with Crippen molar-refractivity contribution in [2.45, 2.75) is 19.9 Å². The van der Waals surface area contributed by atoms with Crippen molar-refractivity contribution in [3.63, 3.8) is 0 Å². The summed E-state index contributed by atoms with van der Waals surface area (Å²) in [7, 11) is 3.37. The summed E-state index contributed by atoms with van der Waals surface area (Å²) >= 11 is 0. The smallest absolute Gasteiger partial charge is 0.359 e. The number of carbonyl (C=O) groups excluding carboxylic acids is 2. The highest BCUT2D eigenvalue weighted by Crippen LogP contribution is 2.25. The molecule has 0 radical (unpaired) electrons. The van der Waals surface area contributed by atoms with Gasteiger partial charge in [0.25, 0.3) is 5.91 Å². The van der Waals surface area contributed by atoms with Gasteiger partial charge in [0.2, 0.25) is 0 Å². The maximum absolute atomic E-state index is 12.8. The highest BCUT2D eigenvalue weighted by Gasteiger charge is 2.30. The molecule has 132 valence electrons. The van der Waals surface area contributed by atoms with Crippen LogP contribution >= 0.6 is 0 Å². The fourth-order valence-corrected chi connectivity index (χ4v) is 3.07. The van der Waals surface area contributed by atoms with Gasteiger partial charge in [0.15, 0.2) is 5.69 Å². The molecule has 1 aromatic heterocycles. The van der Waals surface area contributed by atoms with Crippen molar-refractivity contribution in [1.29, 1.82) is 0 Å². The van der Waals surface area contributed by atoms with Crippen LogP contribution in [0.1, 0.15) is 39.0 Å². The minimum atomic E-state index is -0.449. The number of esters is 1. The topological polar surface area (TPSA) is 73.7 Å². The van der Waals surface area contributed by atoms with Crippen LogP contribution in [0.15, 0.2) is 24.3 Å². The first-order chi connectivity index (χ1) is 12.0. The van der Waals surface area contributed by atoms with Gasteiger partial charge >= 0.3 is 5.97 Å². The van der Waals surface area contributed by atoms with Gasteiger partial charge in [-0.1, -0.05) is 6.07 Å². The zero-order chi connectivity index (χ0) is 18.0. The van der Waals surface area contributed by atoms with Gasteiger partial charge in [0, 0.05) is 36.8 Å². The van der Waals surface area contributed by atoms with Gasteiger partial charge in [0.05, 0.1) is 20.3 Å². The summed E-state index contributed by atoms with van der Waals surface area (Å²) in [6.45, 7) is 2.96. The summed E-state index contributed by atoms with van der Waals surface area (Å²) in [5.41, 5.74) is 2.59. The zero-order valence-corrected chi connectivity index (χ0v) is 14.6. The monoisotopic (exact) mass is 343 g/mol. The van der Waals surface area contributed by atoms with Crippen molar-refractivity contribution in [2.24, 2.45) is 7.05 Å². The quantitative estimate of drug-likeness (QED) is 0.792. The highest BCUT2D eigenvalue weighted by atomic mass is 16.5. The molecule has 2 heterocycles. The predicted molar refractivity (Wildman–Crippen MR) is 90.6 cm³/mol. The first kappa shape index (κ1) is 17.0. The number of aromatic nitrogens is 2. The van der Waals surface area contributed by atoms with E-state index < -0.39 is 5.97 Å². The van der Waals surface area contributed by atoms with E-state index in [1.807, 2.05) is 0 Å². The molecule has 1 amide bonds. The Bertz CT molecular complexity index is 813. The number of fused-ring (bicyclic) bond motifs is 1. The molecule has 25 heavy (non-hydrogen) atoms. The lowest BCUT2D eigenvalue weighted by atomic mass is 10.0. The molecule has 1 aliphatic heterocycles. The Kier molecular flexibility index (Phi) is 4.74. The average molecular weight is 343 g/mol. The third-order valence-corrected chi connectivity index (χ3v) is 4.32. The summed E-state index contributed by atoms with van der Waals surface area (Å²) in [5.74, 6) is 0.0929. The molecule has 0 unspecified atom stereocenters. The Balaban J connectivity index is 1.87. The first-order valence-electron chi connectivity index (χ1n) is 8.20. The van der Waals surface area contributed by atoms with Crippen LogP contribution in [0.25, 0.3) is 0 Å². The van der Waals surface area contributed by atoms with Crippen LogP contribution < -0.4 is 4.74 Å². The molecule has 0 fully saturated rings. The van der Waals surface area contributed by atoms with E-state index in [2.05, 4.69) is 5.10 Å². The van der Waals surface area contributed by atoms with Crippen LogP contribution in [0.3, 0.4) is 0 Å². The summed E-state index contributed by atoms with van der Waals surface area (Å²) in [6.07, 6.45) is 0.647. The Morgan fingerprint density at radius 2 is 2.12 bits per heavy atom. The molecule has 0 atom stereocenters. The maximum Gasteiger partial charge on any atom is 0.359 e. The van der Waals surface area contributed by atoms with Gasteiger partial charge in [-0.25, -0.2) is 4.79 Å². The van der Waals surface area contributed by atoms with Crippen molar-refractivity contribution in [1.82, 2.24) is 14.7 Å². The van der Waals surface area contributed by atoms with Gasteiger partial charge in [0.1, 0.15) is 5.75 Å². The molecule has 1 aliphatic rings. The average Bonchev–Trinajstić information content (AvgIpc) is 2.97. The van der Waals surface area contributed by atoms with E-state index in [1.54, 1.807) is 54.9 Å². The summed E-state index contributed by atoms with van der Waals surface area (Å²) in [5, 5.41) is 4.29. The lowest BCUT2D eigenvalue weighted by molar-refractivity contribution is 0.0513. The second kappa shape index (κ2) is 6.96. The summed E-state index contributed by atoms with van der Waals surface area (Å²) in [6, 6.07) is 7.06. The Morgan fingerprint density at radius 1 is 1.32 bits per heavy atom. The van der Waals surface area contributed by atoms with Crippen molar-refractivity contribution in [2.75, 3.05) is 20.3 Å². The van der Waals surface area contributed by atoms with Crippen molar-refractivity contribution < 1.29 is 19.1 Å². The molecule has 3 rings (SSSR count). The van der Waals surface area contributed by atoms with Gasteiger partial charge in [-0.05, 0) is 25.1 Å². The molecule has 0 N–H and O–H groups in total. The van der Waals surface area contributed by atoms with Crippen molar-refractivity contribution in [3.8, 4) is 5.75 Å². The van der Waals surface area contributed by atoms with Crippen LogP contribution in [-0.4, -0.2) is 46.8 Å². The molecule has 2 aromatic rings. The predicted octanol–water partition coefficient (Wildman–Crippen LogP) is 1.80. The Morgan fingerprint density at radius 3 is 2.84 bits per heavy atom. The maximum atomic E-state index is 12.8. The number of carbonyl (C=O) groups is 2. The third kappa shape index (κ3) is 3.22. The van der Waals surface area contributed by atoms with E-state index in [0.29, 0.717) is 36.5 Å². The Labute approximate surface area is 146 Å². The lowest BCUT2D eigenvalue weighted by Crippen LogP contribution is -2.36.